The minimum Gasteiger partial charge on any atom is -0.330 e. The Morgan fingerprint density at radius 2 is 2.20 bits per heavy atom. The fourth-order valence-electron chi connectivity index (χ4n) is 1.92. The second-order valence-electron chi connectivity index (χ2n) is 4.50. The monoisotopic (exact) mass is 203 g/mol. The third-order valence-corrected chi connectivity index (χ3v) is 2.81. The molecular weight excluding hydrogens is 186 g/mol. The summed E-state index contributed by atoms with van der Waals surface area (Å²) in [6, 6.07) is 6.11. The van der Waals surface area contributed by atoms with Gasteiger partial charge in [-0.3, -0.25) is 0 Å². The zero-order chi connectivity index (χ0) is 10.9. The van der Waals surface area contributed by atoms with Crippen molar-refractivity contribution < 1.29 is 0 Å². The van der Waals surface area contributed by atoms with Crippen LogP contribution in [0.4, 0.5) is 0 Å². The summed E-state index contributed by atoms with van der Waals surface area (Å²) in [5.41, 5.74) is 6.79. The number of pyridine rings is 1. The Hall–Kier alpha value is -1.35. The van der Waals surface area contributed by atoms with Crippen LogP contribution in [0.1, 0.15) is 26.1 Å². The van der Waals surface area contributed by atoms with Crippen molar-refractivity contribution in [3.05, 3.63) is 36.4 Å². The van der Waals surface area contributed by atoms with Crippen LogP contribution in [0, 0.1) is 0 Å². The van der Waals surface area contributed by atoms with Crippen LogP contribution in [-0.4, -0.2) is 15.9 Å². The standard InChI is InChI=1S/C12H17N3/c1-12(2,6-7-13)11-14-9-10-5-3-4-8-15(10)11/h3-5,8-9H,6-7,13H2,1-2H3. The zero-order valence-corrected chi connectivity index (χ0v) is 9.27. The highest BCUT2D eigenvalue weighted by Gasteiger charge is 2.24. The number of nitrogens with zero attached hydrogens (tertiary/aromatic N) is 2. The van der Waals surface area contributed by atoms with Crippen molar-refractivity contribution in [1.29, 1.82) is 0 Å². The lowest BCUT2D eigenvalue weighted by Gasteiger charge is -2.22. The van der Waals surface area contributed by atoms with Crippen molar-refractivity contribution >= 4 is 5.52 Å². The van der Waals surface area contributed by atoms with Crippen LogP contribution in [0.5, 0.6) is 0 Å². The van der Waals surface area contributed by atoms with Crippen LogP contribution in [-0.2, 0) is 5.41 Å². The van der Waals surface area contributed by atoms with E-state index in [2.05, 4.69) is 35.5 Å². The topological polar surface area (TPSA) is 43.3 Å². The van der Waals surface area contributed by atoms with Crippen molar-refractivity contribution in [3.63, 3.8) is 0 Å². The molecule has 0 fully saturated rings. The van der Waals surface area contributed by atoms with Crippen molar-refractivity contribution in [2.45, 2.75) is 25.7 Å². The van der Waals surface area contributed by atoms with Gasteiger partial charge in [-0.2, -0.15) is 0 Å². The van der Waals surface area contributed by atoms with Gasteiger partial charge in [-0.1, -0.05) is 19.9 Å². The third kappa shape index (κ3) is 1.75. The SMILES string of the molecule is CC(C)(CCN)c1ncc2ccccn12. The van der Waals surface area contributed by atoms with Gasteiger partial charge in [0.1, 0.15) is 5.82 Å². The quantitative estimate of drug-likeness (QED) is 0.828. The molecule has 0 amide bonds. The maximum Gasteiger partial charge on any atom is 0.118 e. The molecule has 3 nitrogen and oxygen atoms in total. The number of fused-ring (bicyclic) bond motifs is 1. The van der Waals surface area contributed by atoms with Crippen LogP contribution in [0.25, 0.3) is 5.52 Å². The van der Waals surface area contributed by atoms with Crippen molar-refractivity contribution in [2.75, 3.05) is 6.54 Å². The Morgan fingerprint density at radius 3 is 2.93 bits per heavy atom. The lowest BCUT2D eigenvalue weighted by Crippen LogP contribution is -2.24. The smallest absolute Gasteiger partial charge is 0.118 e. The molecule has 2 aromatic heterocycles. The molecule has 2 rings (SSSR count). The Kier molecular flexibility index (Phi) is 2.49. The van der Waals surface area contributed by atoms with Gasteiger partial charge in [-0.25, -0.2) is 4.98 Å². The number of nitrogens with two attached hydrogens (primary N) is 1. The molecule has 0 aliphatic heterocycles. The summed E-state index contributed by atoms with van der Waals surface area (Å²) in [4.78, 5) is 4.49. The average Bonchev–Trinajstić information content (AvgIpc) is 2.61. The van der Waals surface area contributed by atoms with Gasteiger partial charge in [-0.15, -0.1) is 0 Å². The predicted octanol–water partition coefficient (Wildman–Crippen LogP) is 1.96. The first-order valence-electron chi connectivity index (χ1n) is 5.28. The minimum atomic E-state index is 0.0303. The molecule has 0 unspecified atom stereocenters. The van der Waals surface area contributed by atoms with Crippen LogP contribution < -0.4 is 5.73 Å². The summed E-state index contributed by atoms with van der Waals surface area (Å²) in [5, 5.41) is 0. The van der Waals surface area contributed by atoms with E-state index in [0.29, 0.717) is 6.54 Å². The molecule has 80 valence electrons. The van der Waals surface area contributed by atoms with E-state index in [1.165, 1.54) is 0 Å². The third-order valence-electron chi connectivity index (χ3n) is 2.81. The lowest BCUT2D eigenvalue weighted by molar-refractivity contribution is 0.455. The minimum absolute atomic E-state index is 0.0303. The van der Waals surface area contributed by atoms with Gasteiger partial charge in [0.05, 0.1) is 11.7 Å². The molecular formula is C12H17N3. The summed E-state index contributed by atoms with van der Waals surface area (Å²) < 4.78 is 2.13. The van der Waals surface area contributed by atoms with Gasteiger partial charge < -0.3 is 10.1 Å². The highest BCUT2D eigenvalue weighted by atomic mass is 15.0. The summed E-state index contributed by atoms with van der Waals surface area (Å²) in [6.45, 7) is 5.05. The summed E-state index contributed by atoms with van der Waals surface area (Å²) in [6.07, 6.45) is 4.91. The van der Waals surface area contributed by atoms with Crippen LogP contribution in [0.3, 0.4) is 0 Å². The van der Waals surface area contributed by atoms with E-state index in [0.717, 1.165) is 17.8 Å². The molecule has 2 N–H and O–H groups in total. The van der Waals surface area contributed by atoms with E-state index < -0.39 is 0 Å². The van der Waals surface area contributed by atoms with E-state index in [-0.39, 0.29) is 5.41 Å². The molecule has 0 atom stereocenters. The number of rotatable bonds is 3. The van der Waals surface area contributed by atoms with Crippen molar-refractivity contribution in [2.24, 2.45) is 5.73 Å². The highest BCUT2D eigenvalue weighted by Crippen LogP contribution is 2.25. The Bertz CT molecular complexity index is 457. The van der Waals surface area contributed by atoms with Crippen LogP contribution >= 0.6 is 0 Å². The predicted molar refractivity (Wildman–Crippen MR) is 61.9 cm³/mol. The first kappa shape index (κ1) is 10.2. The molecule has 0 aromatic carbocycles. The van der Waals surface area contributed by atoms with Gasteiger partial charge in [0.2, 0.25) is 0 Å². The van der Waals surface area contributed by atoms with Crippen molar-refractivity contribution in [3.8, 4) is 0 Å². The summed E-state index contributed by atoms with van der Waals surface area (Å²) >= 11 is 0. The van der Waals surface area contributed by atoms with Gasteiger partial charge in [-0.05, 0) is 25.1 Å². The van der Waals surface area contributed by atoms with E-state index >= 15 is 0 Å². The zero-order valence-electron chi connectivity index (χ0n) is 9.27. The molecule has 0 spiro atoms. The second-order valence-corrected chi connectivity index (χ2v) is 4.50. The molecule has 0 radical (unpaired) electrons. The number of hydrogen-bond donors (Lipinski definition) is 1. The number of imidazole rings is 1. The normalized spacial score (nSPS) is 12.2. The van der Waals surface area contributed by atoms with Gasteiger partial charge >= 0.3 is 0 Å². The number of hydrogen-bond acceptors (Lipinski definition) is 2. The van der Waals surface area contributed by atoms with E-state index in [4.69, 9.17) is 5.73 Å². The summed E-state index contributed by atoms with van der Waals surface area (Å²) in [5.74, 6) is 1.09. The first-order chi connectivity index (χ1) is 7.15. The van der Waals surface area contributed by atoms with Crippen molar-refractivity contribution in [1.82, 2.24) is 9.38 Å². The molecule has 0 saturated heterocycles. The number of aromatic nitrogens is 2. The highest BCUT2D eigenvalue weighted by molar-refractivity contribution is 5.46. The molecule has 0 aliphatic carbocycles. The maximum absolute atomic E-state index is 5.63. The molecule has 0 bridgehead atoms. The lowest BCUT2D eigenvalue weighted by atomic mass is 9.88. The average molecular weight is 203 g/mol. The Labute approximate surface area is 89.9 Å². The first-order valence-corrected chi connectivity index (χ1v) is 5.28. The fourth-order valence-corrected chi connectivity index (χ4v) is 1.92. The molecule has 2 aromatic rings. The van der Waals surface area contributed by atoms with E-state index in [9.17, 15) is 0 Å². The van der Waals surface area contributed by atoms with Gasteiger partial charge in [0.15, 0.2) is 0 Å². The van der Waals surface area contributed by atoms with Gasteiger partial charge in [0.25, 0.3) is 0 Å². The van der Waals surface area contributed by atoms with E-state index in [1.54, 1.807) is 0 Å². The largest absolute Gasteiger partial charge is 0.330 e. The molecule has 0 aliphatic rings. The fraction of sp³-hybridized carbons (Fsp3) is 0.417. The molecule has 0 saturated carbocycles. The molecule has 3 heteroatoms. The van der Waals surface area contributed by atoms with Crippen LogP contribution in [0.15, 0.2) is 30.6 Å². The van der Waals surface area contributed by atoms with E-state index in [1.807, 2.05) is 18.3 Å². The summed E-state index contributed by atoms with van der Waals surface area (Å²) in [7, 11) is 0. The van der Waals surface area contributed by atoms with Gasteiger partial charge in [0, 0.05) is 11.6 Å². The Balaban J connectivity index is 2.52. The Morgan fingerprint density at radius 1 is 1.40 bits per heavy atom. The molecule has 15 heavy (non-hydrogen) atoms. The maximum atomic E-state index is 5.63. The second kappa shape index (κ2) is 3.66. The van der Waals surface area contributed by atoms with Crippen LogP contribution in [0.2, 0.25) is 0 Å². The molecule has 2 heterocycles.